The summed E-state index contributed by atoms with van der Waals surface area (Å²) in [6.45, 7) is 2.75. The van der Waals surface area contributed by atoms with Crippen LogP contribution < -0.4 is 10.2 Å². The molecule has 1 aliphatic rings. The zero-order valence-electron chi connectivity index (χ0n) is 17.8. The summed E-state index contributed by atoms with van der Waals surface area (Å²) >= 11 is 1.22. The average Bonchev–Trinajstić information content (AvgIpc) is 3.24. The number of rotatable bonds is 7. The fourth-order valence-electron chi connectivity index (χ4n) is 3.48. The van der Waals surface area contributed by atoms with Crippen LogP contribution in [0.25, 0.3) is 0 Å². The van der Waals surface area contributed by atoms with Gasteiger partial charge in [-0.15, -0.1) is 11.3 Å². The van der Waals surface area contributed by atoms with Gasteiger partial charge in [0.05, 0.1) is 24.3 Å². The van der Waals surface area contributed by atoms with Crippen LogP contribution in [0.3, 0.4) is 0 Å². The number of benzene rings is 1. The standard InChI is InChI=1S/C22H26N2O6S/c1-14(25)16-11-19(31-20(16)21(26)29-3)24-10-9-17(18(12-24)28-2)23-22(27)30-13-15-7-5-4-6-8-15/h4-8,11,17-18H,9-10,12-13H2,1-3H3,(H,23,27)/t17-,18+/m1/s1. The molecule has 3 rings (SSSR count). The quantitative estimate of drug-likeness (QED) is 0.515. The lowest BCUT2D eigenvalue weighted by molar-refractivity contribution is 0.0547. The molecule has 1 saturated heterocycles. The third-order valence-electron chi connectivity index (χ3n) is 5.16. The number of carbonyl (C=O) groups excluding carboxylic acids is 3. The highest BCUT2D eigenvalue weighted by atomic mass is 32.1. The van der Waals surface area contributed by atoms with Crippen LogP contribution in [0, 0.1) is 0 Å². The first-order valence-corrected chi connectivity index (χ1v) is 10.7. The van der Waals surface area contributed by atoms with Gasteiger partial charge in [-0.2, -0.15) is 0 Å². The maximum atomic E-state index is 12.2. The fraction of sp³-hybridized carbons (Fsp3) is 0.409. The molecule has 1 aromatic heterocycles. The van der Waals surface area contributed by atoms with Crippen molar-refractivity contribution in [1.82, 2.24) is 5.32 Å². The number of amides is 1. The van der Waals surface area contributed by atoms with Crippen LogP contribution in [-0.4, -0.2) is 57.3 Å². The minimum Gasteiger partial charge on any atom is -0.465 e. The van der Waals surface area contributed by atoms with Gasteiger partial charge in [-0.05, 0) is 25.0 Å². The van der Waals surface area contributed by atoms with Gasteiger partial charge >= 0.3 is 12.1 Å². The molecule has 0 bridgehead atoms. The van der Waals surface area contributed by atoms with Crippen LogP contribution in [0.1, 0.15) is 38.9 Å². The molecule has 1 aromatic carbocycles. The SMILES string of the molecule is COC(=O)c1sc(N2CC[C@@H](NC(=O)OCc3ccccc3)[C@@H](OC)C2)cc1C(C)=O. The maximum Gasteiger partial charge on any atom is 0.407 e. The number of esters is 1. The zero-order chi connectivity index (χ0) is 22.4. The lowest BCUT2D eigenvalue weighted by Gasteiger charge is -2.38. The van der Waals surface area contributed by atoms with Crippen LogP contribution in [0.4, 0.5) is 9.80 Å². The number of carbonyl (C=O) groups is 3. The number of alkyl carbamates (subject to hydrolysis) is 1. The van der Waals surface area contributed by atoms with Crippen molar-refractivity contribution in [2.45, 2.75) is 32.1 Å². The molecule has 0 radical (unpaired) electrons. The Labute approximate surface area is 185 Å². The number of ketones is 1. The Morgan fingerprint density at radius 3 is 2.58 bits per heavy atom. The van der Waals surface area contributed by atoms with E-state index in [1.807, 2.05) is 35.2 Å². The summed E-state index contributed by atoms with van der Waals surface area (Å²) in [5, 5.41) is 3.68. The van der Waals surface area contributed by atoms with E-state index in [-0.39, 0.29) is 24.5 Å². The Hall–Kier alpha value is -2.91. The van der Waals surface area contributed by atoms with Crippen molar-refractivity contribution in [3.05, 3.63) is 52.4 Å². The second-order valence-electron chi connectivity index (χ2n) is 7.20. The van der Waals surface area contributed by atoms with Gasteiger partial charge in [0.1, 0.15) is 11.5 Å². The van der Waals surface area contributed by atoms with Gasteiger partial charge < -0.3 is 24.4 Å². The minimum atomic E-state index is -0.526. The number of hydrogen-bond donors (Lipinski definition) is 1. The van der Waals surface area contributed by atoms with Gasteiger partial charge in [-0.1, -0.05) is 30.3 Å². The number of methoxy groups -OCH3 is 2. The molecule has 31 heavy (non-hydrogen) atoms. The molecule has 8 nitrogen and oxygen atoms in total. The number of thiophene rings is 1. The van der Waals surface area contributed by atoms with Gasteiger partial charge in [0.15, 0.2) is 5.78 Å². The molecule has 2 atom stereocenters. The number of anilines is 1. The van der Waals surface area contributed by atoms with Gasteiger partial charge in [0.25, 0.3) is 0 Å². The van der Waals surface area contributed by atoms with Crippen LogP contribution in [0.15, 0.2) is 36.4 Å². The third kappa shape index (κ3) is 5.62. The Morgan fingerprint density at radius 1 is 1.19 bits per heavy atom. The highest BCUT2D eigenvalue weighted by molar-refractivity contribution is 7.18. The number of hydrogen-bond acceptors (Lipinski definition) is 8. The topological polar surface area (TPSA) is 94.2 Å². The first-order valence-electron chi connectivity index (χ1n) is 9.91. The first kappa shape index (κ1) is 22.8. The normalized spacial score (nSPS) is 18.4. The molecule has 0 saturated carbocycles. The first-order chi connectivity index (χ1) is 14.9. The summed E-state index contributed by atoms with van der Waals surface area (Å²) in [7, 11) is 2.88. The lowest BCUT2D eigenvalue weighted by Crippen LogP contribution is -2.54. The largest absolute Gasteiger partial charge is 0.465 e. The molecule has 0 unspecified atom stereocenters. The van der Waals surface area contributed by atoms with Crippen molar-refractivity contribution in [3.8, 4) is 0 Å². The molecule has 1 fully saturated rings. The van der Waals surface area contributed by atoms with Crippen molar-refractivity contribution in [2.24, 2.45) is 0 Å². The van der Waals surface area contributed by atoms with Gasteiger partial charge in [-0.25, -0.2) is 9.59 Å². The third-order valence-corrected chi connectivity index (χ3v) is 6.33. The Morgan fingerprint density at radius 2 is 1.94 bits per heavy atom. The summed E-state index contributed by atoms with van der Waals surface area (Å²) in [4.78, 5) is 38.5. The van der Waals surface area contributed by atoms with Crippen LogP contribution >= 0.6 is 11.3 Å². The zero-order valence-corrected chi connectivity index (χ0v) is 18.6. The van der Waals surface area contributed by atoms with Crippen molar-refractivity contribution in [1.29, 1.82) is 0 Å². The smallest absolute Gasteiger partial charge is 0.407 e. The molecule has 166 valence electrons. The molecule has 9 heteroatoms. The predicted octanol–water partition coefficient (Wildman–Crippen LogP) is 3.26. The van der Waals surface area contributed by atoms with Crippen LogP contribution in [-0.2, 0) is 20.8 Å². The number of piperidine rings is 1. The van der Waals surface area contributed by atoms with Gasteiger partial charge in [-0.3, -0.25) is 4.79 Å². The van der Waals surface area contributed by atoms with E-state index >= 15 is 0 Å². The lowest BCUT2D eigenvalue weighted by atomic mass is 10.0. The average molecular weight is 447 g/mol. The summed E-state index contributed by atoms with van der Waals surface area (Å²) in [6.07, 6.45) is -0.144. The van der Waals surface area contributed by atoms with E-state index in [0.717, 1.165) is 10.6 Å². The summed E-state index contributed by atoms with van der Waals surface area (Å²) in [5.41, 5.74) is 1.27. The van der Waals surface area contributed by atoms with E-state index in [9.17, 15) is 14.4 Å². The number of Topliss-reactive ketones (excluding diaryl/α,β-unsaturated/α-hetero) is 1. The van der Waals surface area contributed by atoms with E-state index in [0.29, 0.717) is 30.0 Å². The number of nitrogens with zero attached hydrogens (tertiary/aromatic N) is 1. The maximum absolute atomic E-state index is 12.2. The number of ether oxygens (including phenoxy) is 3. The Bertz CT molecular complexity index is 929. The van der Waals surface area contributed by atoms with Crippen LogP contribution in [0.5, 0.6) is 0 Å². The molecule has 1 aliphatic heterocycles. The summed E-state index contributed by atoms with van der Waals surface area (Å²) in [6, 6.07) is 11.0. The monoisotopic (exact) mass is 446 g/mol. The van der Waals surface area contributed by atoms with Crippen molar-refractivity contribution in [3.63, 3.8) is 0 Å². The molecule has 0 aliphatic carbocycles. The number of nitrogens with one attached hydrogen (secondary N) is 1. The fourth-order valence-corrected chi connectivity index (χ4v) is 4.64. The Balaban J connectivity index is 1.62. The minimum absolute atomic E-state index is 0.191. The molecule has 2 heterocycles. The molecule has 1 amide bonds. The molecule has 2 aromatic rings. The van der Waals surface area contributed by atoms with E-state index < -0.39 is 12.1 Å². The summed E-state index contributed by atoms with van der Waals surface area (Å²) in [5.74, 6) is -0.716. The second kappa shape index (κ2) is 10.4. The van der Waals surface area contributed by atoms with Crippen molar-refractivity contribution >= 4 is 34.2 Å². The molecule has 1 N–H and O–H groups in total. The van der Waals surface area contributed by atoms with Gasteiger partial charge in [0.2, 0.25) is 0 Å². The van der Waals surface area contributed by atoms with Gasteiger partial charge in [0, 0.05) is 25.8 Å². The second-order valence-corrected chi connectivity index (χ2v) is 8.23. The Kier molecular flexibility index (Phi) is 7.64. The molecular formula is C22H26N2O6S. The molecule has 0 spiro atoms. The van der Waals surface area contributed by atoms with E-state index in [2.05, 4.69) is 5.32 Å². The predicted molar refractivity (Wildman–Crippen MR) is 117 cm³/mol. The van der Waals surface area contributed by atoms with E-state index in [1.165, 1.54) is 25.4 Å². The van der Waals surface area contributed by atoms with Crippen molar-refractivity contribution < 1.29 is 28.6 Å². The molecular weight excluding hydrogens is 420 g/mol. The van der Waals surface area contributed by atoms with E-state index in [1.54, 1.807) is 13.2 Å². The van der Waals surface area contributed by atoms with Crippen LogP contribution in [0.2, 0.25) is 0 Å². The van der Waals surface area contributed by atoms with Crippen molar-refractivity contribution in [2.75, 3.05) is 32.2 Å². The highest BCUT2D eigenvalue weighted by Gasteiger charge is 2.32. The summed E-state index contributed by atoms with van der Waals surface area (Å²) < 4.78 is 15.7. The highest BCUT2D eigenvalue weighted by Crippen LogP contribution is 2.33. The van der Waals surface area contributed by atoms with E-state index in [4.69, 9.17) is 14.2 Å².